The highest BCUT2D eigenvalue weighted by atomic mass is 19.1. The number of hydrogen-bond donors (Lipinski definition) is 2. The van der Waals surface area contributed by atoms with E-state index in [1.165, 1.54) is 12.1 Å². The fourth-order valence-electron chi connectivity index (χ4n) is 3.64. The number of nitrogens with zero attached hydrogens (tertiary/aromatic N) is 5. The van der Waals surface area contributed by atoms with Crippen molar-refractivity contribution in [2.45, 2.75) is 18.9 Å². The van der Waals surface area contributed by atoms with Crippen molar-refractivity contribution < 1.29 is 14.4 Å². The molecule has 1 saturated heterocycles. The van der Waals surface area contributed by atoms with Gasteiger partial charge in [0.05, 0.1) is 28.6 Å². The van der Waals surface area contributed by atoms with Crippen LogP contribution in [0.4, 0.5) is 38.8 Å². The van der Waals surface area contributed by atoms with Crippen LogP contribution in [0.3, 0.4) is 0 Å². The Balaban J connectivity index is 1.60. The first kappa shape index (κ1) is 21.4. The lowest BCUT2D eigenvalue weighted by Gasteiger charge is -2.31. The van der Waals surface area contributed by atoms with Crippen molar-refractivity contribution in [1.82, 2.24) is 9.97 Å². The van der Waals surface area contributed by atoms with Crippen LogP contribution in [-0.2, 0) is 0 Å². The Morgan fingerprint density at radius 1 is 1.25 bits per heavy atom. The summed E-state index contributed by atoms with van der Waals surface area (Å²) in [5.41, 5.74) is 1.33. The van der Waals surface area contributed by atoms with E-state index < -0.39 is 10.7 Å². The second kappa shape index (κ2) is 9.15. The van der Waals surface area contributed by atoms with E-state index in [1.807, 2.05) is 11.0 Å². The number of anilines is 5. The van der Waals surface area contributed by atoms with Gasteiger partial charge in [-0.3, -0.25) is 15.1 Å². The van der Waals surface area contributed by atoms with Crippen molar-refractivity contribution in [2.24, 2.45) is 0 Å². The minimum absolute atomic E-state index is 0.0106. The third kappa shape index (κ3) is 4.59. The molecule has 0 atom stereocenters. The van der Waals surface area contributed by atoms with Crippen LogP contribution in [-0.4, -0.2) is 46.2 Å². The van der Waals surface area contributed by atoms with Crippen molar-refractivity contribution in [3.05, 3.63) is 70.8 Å². The van der Waals surface area contributed by atoms with Crippen molar-refractivity contribution >= 4 is 34.4 Å². The Hall–Kier alpha value is -3.79. The molecule has 0 spiro atoms. The summed E-state index contributed by atoms with van der Waals surface area (Å²) in [7, 11) is 1.78. The molecule has 0 aliphatic carbocycles. The van der Waals surface area contributed by atoms with E-state index in [9.17, 15) is 19.6 Å². The van der Waals surface area contributed by atoms with Gasteiger partial charge in [-0.2, -0.15) is 0 Å². The maximum atomic E-state index is 14.8. The summed E-state index contributed by atoms with van der Waals surface area (Å²) >= 11 is 0. The van der Waals surface area contributed by atoms with Gasteiger partial charge in [0.15, 0.2) is 0 Å². The number of hydrogen-bond acceptors (Lipinski definition) is 8. The molecule has 4 rings (SSSR count). The normalized spacial score (nSPS) is 14.3. The molecule has 10 heteroatoms. The highest BCUT2D eigenvalue weighted by Gasteiger charge is 2.21. The van der Waals surface area contributed by atoms with Gasteiger partial charge in [0, 0.05) is 38.1 Å². The zero-order chi connectivity index (χ0) is 22.7. The van der Waals surface area contributed by atoms with E-state index in [4.69, 9.17) is 0 Å². The molecule has 0 saturated carbocycles. The molecule has 9 nitrogen and oxygen atoms in total. The Morgan fingerprint density at radius 2 is 2.03 bits per heavy atom. The molecule has 0 radical (unpaired) electrons. The number of aliphatic hydroxyl groups is 1. The molecule has 0 amide bonds. The monoisotopic (exact) mass is 438 g/mol. The zero-order valence-electron chi connectivity index (χ0n) is 17.5. The fraction of sp³-hybridized carbons (Fsp3) is 0.273. The molecule has 2 aromatic heterocycles. The zero-order valence-corrected chi connectivity index (χ0v) is 17.5. The summed E-state index contributed by atoms with van der Waals surface area (Å²) in [6, 6.07) is 11.1. The first-order chi connectivity index (χ1) is 15.4. The molecule has 0 unspecified atom stereocenters. The quantitative estimate of drug-likeness (QED) is 0.439. The predicted molar refractivity (Wildman–Crippen MR) is 120 cm³/mol. The van der Waals surface area contributed by atoms with Crippen LogP contribution in [0, 0.1) is 15.9 Å². The summed E-state index contributed by atoms with van der Waals surface area (Å²) in [6.07, 6.45) is 4.14. The molecule has 32 heavy (non-hydrogen) atoms. The lowest BCUT2D eigenvalue weighted by Crippen LogP contribution is -2.36. The number of halogens is 1. The van der Waals surface area contributed by atoms with Crippen LogP contribution in [0.5, 0.6) is 0 Å². The molecule has 1 aliphatic rings. The molecule has 1 fully saturated rings. The summed E-state index contributed by atoms with van der Waals surface area (Å²) in [5, 5.41) is 24.1. The summed E-state index contributed by atoms with van der Waals surface area (Å²) < 4.78 is 14.8. The minimum Gasteiger partial charge on any atom is -0.393 e. The van der Waals surface area contributed by atoms with Crippen molar-refractivity contribution in [3.8, 4) is 0 Å². The van der Waals surface area contributed by atoms with Crippen LogP contribution in [0.25, 0.3) is 0 Å². The lowest BCUT2D eigenvalue weighted by atomic mass is 10.1. The smallest absolute Gasteiger partial charge is 0.311 e. The van der Waals surface area contributed by atoms with Gasteiger partial charge in [-0.15, -0.1) is 0 Å². The topological polar surface area (TPSA) is 108 Å². The van der Waals surface area contributed by atoms with Crippen LogP contribution < -0.4 is 15.1 Å². The van der Waals surface area contributed by atoms with Gasteiger partial charge >= 0.3 is 5.69 Å². The number of nitro groups is 1. The maximum Gasteiger partial charge on any atom is 0.311 e. The molecular formula is C22H23FN6O3. The maximum absolute atomic E-state index is 14.8. The van der Waals surface area contributed by atoms with Gasteiger partial charge in [-0.05, 0) is 49.2 Å². The van der Waals surface area contributed by atoms with Gasteiger partial charge in [0.1, 0.15) is 11.6 Å². The van der Waals surface area contributed by atoms with Crippen LogP contribution >= 0.6 is 0 Å². The predicted octanol–water partition coefficient (Wildman–Crippen LogP) is 4.00. The highest BCUT2D eigenvalue weighted by Crippen LogP contribution is 2.32. The SMILES string of the molecule is CN(c1cccnc1)c1ccc([N+](=O)[O-])c(Nc2ccc(N3CCC(O)CC3)c(F)c2)n1. The van der Waals surface area contributed by atoms with Gasteiger partial charge in [-0.1, -0.05) is 0 Å². The number of aromatic nitrogens is 2. The summed E-state index contributed by atoms with van der Waals surface area (Å²) in [5.74, 6) is 0.0317. The molecule has 0 bridgehead atoms. The number of nitrogens with one attached hydrogen (secondary N) is 1. The van der Waals surface area contributed by atoms with E-state index in [-0.39, 0.29) is 17.6 Å². The first-order valence-corrected chi connectivity index (χ1v) is 10.2. The largest absolute Gasteiger partial charge is 0.393 e. The van der Waals surface area contributed by atoms with E-state index in [2.05, 4.69) is 15.3 Å². The van der Waals surface area contributed by atoms with Crippen molar-refractivity contribution in [2.75, 3.05) is 35.3 Å². The second-order valence-corrected chi connectivity index (χ2v) is 7.57. The van der Waals surface area contributed by atoms with Crippen LogP contribution in [0.1, 0.15) is 12.8 Å². The molecule has 2 N–H and O–H groups in total. The van der Waals surface area contributed by atoms with E-state index in [0.717, 1.165) is 5.69 Å². The number of piperidine rings is 1. The standard InChI is InChI=1S/C22H23FN6O3/c1-27(16-3-2-10-24-14-16)21-7-6-20(29(31)32)22(26-21)25-15-4-5-19(18(23)13-15)28-11-8-17(30)9-12-28/h2-7,10,13-14,17,30H,8-9,11-12H2,1H3,(H,25,26). The van der Waals surface area contributed by atoms with Crippen LogP contribution in [0.2, 0.25) is 0 Å². The summed E-state index contributed by atoms with van der Waals surface area (Å²) in [6.45, 7) is 1.14. The number of benzene rings is 1. The van der Waals surface area contributed by atoms with Crippen molar-refractivity contribution in [1.29, 1.82) is 0 Å². The van der Waals surface area contributed by atoms with Gasteiger partial charge < -0.3 is 20.2 Å². The van der Waals surface area contributed by atoms with Gasteiger partial charge in [0.25, 0.3) is 0 Å². The fourth-order valence-corrected chi connectivity index (χ4v) is 3.64. The third-order valence-corrected chi connectivity index (χ3v) is 5.45. The van der Waals surface area contributed by atoms with E-state index in [1.54, 1.807) is 48.6 Å². The van der Waals surface area contributed by atoms with E-state index in [0.29, 0.717) is 43.1 Å². The molecular weight excluding hydrogens is 415 g/mol. The summed E-state index contributed by atoms with van der Waals surface area (Å²) in [4.78, 5) is 23.1. The molecule has 1 aromatic carbocycles. The van der Waals surface area contributed by atoms with E-state index >= 15 is 0 Å². The Labute approximate surface area is 184 Å². The molecule has 3 heterocycles. The first-order valence-electron chi connectivity index (χ1n) is 10.2. The number of aliphatic hydroxyl groups excluding tert-OH is 1. The third-order valence-electron chi connectivity index (χ3n) is 5.45. The molecule has 3 aromatic rings. The Morgan fingerprint density at radius 3 is 2.69 bits per heavy atom. The average molecular weight is 438 g/mol. The number of pyridine rings is 2. The average Bonchev–Trinajstić information content (AvgIpc) is 2.80. The molecule has 1 aliphatic heterocycles. The Kier molecular flexibility index (Phi) is 6.13. The second-order valence-electron chi connectivity index (χ2n) is 7.57. The molecule has 166 valence electrons. The minimum atomic E-state index is -0.535. The lowest BCUT2D eigenvalue weighted by molar-refractivity contribution is -0.384. The Bertz CT molecular complexity index is 1110. The number of rotatable bonds is 6. The van der Waals surface area contributed by atoms with Crippen molar-refractivity contribution in [3.63, 3.8) is 0 Å². The van der Waals surface area contributed by atoms with Crippen LogP contribution in [0.15, 0.2) is 54.9 Å². The van der Waals surface area contributed by atoms with Gasteiger partial charge in [-0.25, -0.2) is 9.37 Å². The highest BCUT2D eigenvalue weighted by molar-refractivity contribution is 5.71. The van der Waals surface area contributed by atoms with Gasteiger partial charge in [0.2, 0.25) is 5.82 Å².